The third-order valence-electron chi connectivity index (χ3n) is 5.00. The first kappa shape index (κ1) is 18.5. The summed E-state index contributed by atoms with van der Waals surface area (Å²) in [7, 11) is 1.66. The maximum atomic E-state index is 11.5. The summed E-state index contributed by atoms with van der Waals surface area (Å²) in [5, 5.41) is 12.3. The van der Waals surface area contributed by atoms with Crippen molar-refractivity contribution in [1.82, 2.24) is 25.1 Å². The van der Waals surface area contributed by atoms with E-state index in [1.807, 2.05) is 0 Å². The van der Waals surface area contributed by atoms with Crippen LogP contribution in [0.4, 0.5) is 0 Å². The lowest BCUT2D eigenvalue weighted by molar-refractivity contribution is -0.123. The second-order valence-corrected chi connectivity index (χ2v) is 6.78. The number of rotatable bonds is 7. The van der Waals surface area contributed by atoms with Crippen LogP contribution in [0.1, 0.15) is 35.8 Å². The van der Waals surface area contributed by atoms with Gasteiger partial charge in [-0.15, -0.1) is 5.10 Å². The van der Waals surface area contributed by atoms with Crippen molar-refractivity contribution < 1.29 is 9.53 Å². The molecule has 1 amide bonds. The van der Waals surface area contributed by atoms with E-state index in [-0.39, 0.29) is 17.9 Å². The molecule has 0 saturated carbocycles. The van der Waals surface area contributed by atoms with Crippen LogP contribution < -0.4 is 5.73 Å². The number of likely N-dealkylation sites (tertiary alicyclic amines) is 1. The molecule has 0 spiro atoms. The molecule has 1 atom stereocenters. The lowest BCUT2D eigenvalue weighted by atomic mass is 9.93. The molecule has 1 aliphatic rings. The molecule has 0 aliphatic carbocycles. The van der Waals surface area contributed by atoms with Crippen molar-refractivity contribution in [2.45, 2.75) is 32.4 Å². The first-order valence-corrected chi connectivity index (χ1v) is 8.95. The molecule has 1 aromatic heterocycles. The lowest BCUT2D eigenvalue weighted by Crippen LogP contribution is -2.41. The zero-order valence-electron chi connectivity index (χ0n) is 15.3. The zero-order chi connectivity index (χ0) is 18.5. The van der Waals surface area contributed by atoms with Gasteiger partial charge >= 0.3 is 0 Å². The fraction of sp³-hybridized carbons (Fsp3) is 0.556. The van der Waals surface area contributed by atoms with Gasteiger partial charge in [0.05, 0.1) is 19.2 Å². The van der Waals surface area contributed by atoms with Crippen LogP contribution in [-0.4, -0.2) is 57.8 Å². The summed E-state index contributed by atoms with van der Waals surface area (Å²) in [6.45, 7) is 4.77. The van der Waals surface area contributed by atoms with Crippen molar-refractivity contribution in [1.29, 1.82) is 0 Å². The normalized spacial score (nSPS) is 17.3. The molecule has 1 fully saturated rings. The van der Waals surface area contributed by atoms with Gasteiger partial charge in [0.15, 0.2) is 5.82 Å². The van der Waals surface area contributed by atoms with Gasteiger partial charge in [0, 0.05) is 13.0 Å². The fourth-order valence-corrected chi connectivity index (χ4v) is 3.46. The average molecular weight is 358 g/mol. The maximum absolute atomic E-state index is 11.5. The number of primary amides is 1. The van der Waals surface area contributed by atoms with E-state index in [0.717, 1.165) is 37.3 Å². The van der Waals surface area contributed by atoms with E-state index in [4.69, 9.17) is 10.5 Å². The number of ether oxygens (including phenoxy) is 1. The Labute approximate surface area is 153 Å². The first-order chi connectivity index (χ1) is 12.6. The Morgan fingerprint density at radius 1 is 1.31 bits per heavy atom. The molecule has 1 aliphatic heterocycles. The number of aromatic nitrogens is 4. The zero-order valence-corrected chi connectivity index (χ0v) is 15.3. The standard InChI is InChI=1S/C18H26N6O2/c1-13-3-5-14(6-4-13)16(18-20-21-22-24(18)11-12-26-2)23-9-7-15(8-10-23)17(19)25/h3-6,15-16H,7-12H2,1-2H3,(H2,19,25)/t16-/m0/s1. The van der Waals surface area contributed by atoms with Gasteiger partial charge in [0.25, 0.3) is 0 Å². The van der Waals surface area contributed by atoms with Crippen molar-refractivity contribution in [3.05, 3.63) is 41.2 Å². The van der Waals surface area contributed by atoms with E-state index >= 15 is 0 Å². The van der Waals surface area contributed by atoms with Gasteiger partial charge < -0.3 is 10.5 Å². The van der Waals surface area contributed by atoms with Crippen molar-refractivity contribution in [2.75, 3.05) is 26.8 Å². The highest BCUT2D eigenvalue weighted by Crippen LogP contribution is 2.31. The van der Waals surface area contributed by atoms with Crippen LogP contribution in [0.2, 0.25) is 0 Å². The van der Waals surface area contributed by atoms with Gasteiger partial charge in [-0.05, 0) is 48.8 Å². The largest absolute Gasteiger partial charge is 0.383 e. The number of tetrazole rings is 1. The molecule has 1 aromatic carbocycles. The molecule has 26 heavy (non-hydrogen) atoms. The minimum atomic E-state index is -0.207. The highest BCUT2D eigenvalue weighted by Gasteiger charge is 2.32. The lowest BCUT2D eigenvalue weighted by Gasteiger charge is -2.36. The average Bonchev–Trinajstić information content (AvgIpc) is 3.10. The highest BCUT2D eigenvalue weighted by atomic mass is 16.5. The van der Waals surface area contributed by atoms with Gasteiger partial charge in [-0.1, -0.05) is 29.8 Å². The molecule has 8 nitrogen and oxygen atoms in total. The maximum Gasteiger partial charge on any atom is 0.220 e. The molecule has 0 bridgehead atoms. The second-order valence-electron chi connectivity index (χ2n) is 6.78. The molecule has 2 N–H and O–H groups in total. The van der Waals surface area contributed by atoms with Crippen LogP contribution in [-0.2, 0) is 16.1 Å². The van der Waals surface area contributed by atoms with Gasteiger partial charge in [-0.2, -0.15) is 0 Å². The van der Waals surface area contributed by atoms with E-state index in [0.29, 0.717) is 13.2 Å². The molecule has 0 unspecified atom stereocenters. The molecule has 2 aromatic rings. The molecule has 2 heterocycles. The minimum Gasteiger partial charge on any atom is -0.383 e. The van der Waals surface area contributed by atoms with E-state index in [2.05, 4.69) is 51.6 Å². The topological polar surface area (TPSA) is 99.2 Å². The van der Waals surface area contributed by atoms with Gasteiger partial charge in [0.2, 0.25) is 5.91 Å². The number of nitrogens with zero attached hydrogens (tertiary/aromatic N) is 5. The van der Waals surface area contributed by atoms with Crippen LogP contribution >= 0.6 is 0 Å². The van der Waals surface area contributed by atoms with Crippen molar-refractivity contribution in [3.63, 3.8) is 0 Å². The Hall–Kier alpha value is -2.32. The number of amides is 1. The first-order valence-electron chi connectivity index (χ1n) is 8.95. The Morgan fingerprint density at radius 3 is 2.62 bits per heavy atom. The minimum absolute atomic E-state index is 0.0468. The van der Waals surface area contributed by atoms with Gasteiger partial charge in [-0.25, -0.2) is 4.68 Å². The van der Waals surface area contributed by atoms with Crippen molar-refractivity contribution in [2.24, 2.45) is 11.7 Å². The Kier molecular flexibility index (Phi) is 5.95. The summed E-state index contributed by atoms with van der Waals surface area (Å²) in [4.78, 5) is 13.8. The quantitative estimate of drug-likeness (QED) is 0.790. The summed E-state index contributed by atoms with van der Waals surface area (Å²) < 4.78 is 6.98. The van der Waals surface area contributed by atoms with Gasteiger partial charge in [0.1, 0.15) is 0 Å². The molecule has 1 saturated heterocycles. The molecule has 8 heteroatoms. The molecular formula is C18H26N6O2. The van der Waals surface area contributed by atoms with Crippen LogP contribution in [0.25, 0.3) is 0 Å². The summed E-state index contributed by atoms with van der Waals surface area (Å²) in [6.07, 6.45) is 1.52. The number of nitrogens with two attached hydrogens (primary N) is 1. The number of piperidine rings is 1. The van der Waals surface area contributed by atoms with E-state index in [1.54, 1.807) is 11.8 Å². The third-order valence-corrected chi connectivity index (χ3v) is 5.00. The number of hydrogen-bond donors (Lipinski definition) is 1. The Morgan fingerprint density at radius 2 is 2.00 bits per heavy atom. The highest BCUT2D eigenvalue weighted by molar-refractivity contribution is 5.76. The second kappa shape index (κ2) is 8.37. The number of carbonyl (C=O) groups excluding carboxylic acids is 1. The number of aryl methyl sites for hydroxylation is 1. The SMILES string of the molecule is COCCn1nnnc1[C@H](c1ccc(C)cc1)N1CCC(C(N)=O)CC1. The van der Waals surface area contributed by atoms with E-state index < -0.39 is 0 Å². The summed E-state index contributed by atoms with van der Waals surface area (Å²) in [6, 6.07) is 8.38. The molecule has 3 rings (SSSR count). The summed E-state index contributed by atoms with van der Waals surface area (Å²) in [5.41, 5.74) is 7.83. The summed E-state index contributed by atoms with van der Waals surface area (Å²) in [5.74, 6) is 0.541. The monoisotopic (exact) mass is 358 g/mol. The number of benzene rings is 1. The Balaban J connectivity index is 1.89. The molecule has 0 radical (unpaired) electrons. The van der Waals surface area contributed by atoms with Gasteiger partial charge in [-0.3, -0.25) is 9.69 Å². The predicted molar refractivity (Wildman–Crippen MR) is 96.2 cm³/mol. The van der Waals surface area contributed by atoms with Crippen LogP contribution in [0.15, 0.2) is 24.3 Å². The van der Waals surface area contributed by atoms with E-state index in [1.165, 1.54) is 5.56 Å². The number of methoxy groups -OCH3 is 1. The molecule has 140 valence electrons. The van der Waals surface area contributed by atoms with E-state index in [9.17, 15) is 4.79 Å². The van der Waals surface area contributed by atoms with Crippen LogP contribution in [0.3, 0.4) is 0 Å². The smallest absolute Gasteiger partial charge is 0.220 e. The molecular weight excluding hydrogens is 332 g/mol. The van der Waals surface area contributed by atoms with Crippen molar-refractivity contribution >= 4 is 5.91 Å². The van der Waals surface area contributed by atoms with Crippen LogP contribution in [0.5, 0.6) is 0 Å². The third kappa shape index (κ3) is 4.08. The number of carbonyl (C=O) groups is 1. The summed E-state index contributed by atoms with van der Waals surface area (Å²) >= 11 is 0. The predicted octanol–water partition coefficient (Wildman–Crippen LogP) is 0.915. The fourth-order valence-electron chi connectivity index (χ4n) is 3.46. The number of hydrogen-bond acceptors (Lipinski definition) is 6. The van der Waals surface area contributed by atoms with Crippen molar-refractivity contribution in [3.8, 4) is 0 Å². The Bertz CT molecular complexity index is 722. The van der Waals surface area contributed by atoms with Crippen LogP contribution in [0, 0.1) is 12.8 Å².